The number of nitrogens with two attached hydrogens (primary N) is 1. The Hall–Kier alpha value is -3.02. The van der Waals surface area contributed by atoms with Crippen LogP contribution in [0.5, 0.6) is 0 Å². The van der Waals surface area contributed by atoms with Crippen LogP contribution in [-0.4, -0.2) is 19.9 Å². The molecule has 3 rings (SSSR count). The quantitative estimate of drug-likeness (QED) is 0.701. The smallest absolute Gasteiger partial charge is 0.130 e. The zero-order chi connectivity index (χ0) is 20.1. The van der Waals surface area contributed by atoms with Crippen molar-refractivity contribution in [2.75, 3.05) is 11.1 Å². The van der Waals surface area contributed by atoms with Crippen molar-refractivity contribution in [3.05, 3.63) is 72.2 Å². The highest BCUT2D eigenvalue weighted by molar-refractivity contribution is 5.43. The van der Waals surface area contributed by atoms with Crippen molar-refractivity contribution in [2.24, 2.45) is 0 Å². The van der Waals surface area contributed by atoms with Crippen LogP contribution in [0.3, 0.4) is 0 Å². The molecule has 3 aromatic heterocycles. The lowest BCUT2D eigenvalue weighted by Gasteiger charge is -2.05. The Morgan fingerprint density at radius 3 is 2.37 bits per heavy atom. The molecule has 3 aromatic rings. The number of pyridine rings is 2. The summed E-state index contributed by atoms with van der Waals surface area (Å²) in [4.78, 5) is 15.9. The van der Waals surface area contributed by atoms with Gasteiger partial charge in [-0.25, -0.2) is 9.97 Å². The van der Waals surface area contributed by atoms with E-state index in [-0.39, 0.29) is 0 Å². The topological polar surface area (TPSA) is 89.6 Å². The lowest BCUT2D eigenvalue weighted by Crippen LogP contribution is -2.00. The van der Waals surface area contributed by atoms with Crippen molar-refractivity contribution in [1.29, 1.82) is 0 Å². The number of aryl methyl sites for hydroxylation is 1. The Labute approximate surface area is 162 Å². The maximum Gasteiger partial charge on any atom is 0.130 e. The molecule has 3 N–H and O–H groups in total. The Bertz CT molecular complexity index is 774. The van der Waals surface area contributed by atoms with Gasteiger partial charge >= 0.3 is 0 Å². The second kappa shape index (κ2) is 12.4. The van der Waals surface area contributed by atoms with Crippen LogP contribution in [0.1, 0.15) is 50.3 Å². The SMILES string of the molecule is CC.CC(C)c1cncnc1N.Cc1cncc(NCc2cccnc2)c1. The normalized spacial score (nSPS) is 9.56. The van der Waals surface area contributed by atoms with Crippen LogP contribution in [0, 0.1) is 6.92 Å². The third-order valence-corrected chi connectivity index (χ3v) is 3.49. The van der Waals surface area contributed by atoms with Gasteiger partial charge in [0.05, 0.1) is 5.69 Å². The fraction of sp³-hybridized carbons (Fsp3) is 0.333. The Kier molecular flexibility index (Phi) is 10.1. The van der Waals surface area contributed by atoms with Crippen LogP contribution in [-0.2, 0) is 6.54 Å². The van der Waals surface area contributed by atoms with Gasteiger partial charge in [-0.2, -0.15) is 0 Å². The number of rotatable bonds is 4. The Morgan fingerprint density at radius 1 is 1.04 bits per heavy atom. The van der Waals surface area contributed by atoms with Crippen molar-refractivity contribution in [2.45, 2.75) is 47.1 Å². The molecule has 0 aliphatic carbocycles. The van der Waals surface area contributed by atoms with E-state index in [2.05, 4.69) is 45.2 Å². The van der Waals surface area contributed by atoms with Gasteiger partial charge in [-0.05, 0) is 36.1 Å². The zero-order valence-corrected chi connectivity index (χ0v) is 16.8. The molecule has 0 spiro atoms. The van der Waals surface area contributed by atoms with Gasteiger partial charge in [0.25, 0.3) is 0 Å². The first-order valence-electron chi connectivity index (χ1n) is 9.16. The summed E-state index contributed by atoms with van der Waals surface area (Å²) in [5.74, 6) is 0.992. The largest absolute Gasteiger partial charge is 0.383 e. The molecule has 0 fully saturated rings. The summed E-state index contributed by atoms with van der Waals surface area (Å²) in [6.45, 7) is 10.9. The highest BCUT2D eigenvalue weighted by Gasteiger charge is 2.02. The lowest BCUT2D eigenvalue weighted by atomic mass is 10.1. The van der Waals surface area contributed by atoms with E-state index in [1.807, 2.05) is 51.5 Å². The van der Waals surface area contributed by atoms with Crippen molar-refractivity contribution >= 4 is 11.5 Å². The van der Waals surface area contributed by atoms with Crippen molar-refractivity contribution in [1.82, 2.24) is 19.9 Å². The number of hydrogen-bond donors (Lipinski definition) is 2. The fourth-order valence-electron chi connectivity index (χ4n) is 2.15. The zero-order valence-electron chi connectivity index (χ0n) is 16.8. The summed E-state index contributed by atoms with van der Waals surface area (Å²) in [6, 6.07) is 6.05. The fourth-order valence-corrected chi connectivity index (χ4v) is 2.15. The van der Waals surface area contributed by atoms with Gasteiger partial charge in [0.2, 0.25) is 0 Å². The van der Waals surface area contributed by atoms with Crippen LogP contribution >= 0.6 is 0 Å². The molecular formula is C21H30N6. The molecule has 0 aliphatic heterocycles. The molecule has 0 aromatic carbocycles. The van der Waals surface area contributed by atoms with Crippen LogP contribution in [0.2, 0.25) is 0 Å². The van der Waals surface area contributed by atoms with Gasteiger partial charge in [-0.1, -0.05) is 33.8 Å². The standard InChI is InChI=1S/C12H13N3.C7H11N3.C2H6/c1-10-5-12(9-14-6-10)15-8-11-3-2-4-13-7-11;1-5(2)6-3-9-4-10-7(6)8;1-2/h2-7,9,15H,8H2,1H3;3-5H,1-2H3,(H2,8,9,10);1-2H3. The first-order chi connectivity index (χ1) is 13.1. The molecule has 0 saturated carbocycles. The van der Waals surface area contributed by atoms with E-state index in [0.717, 1.165) is 23.4 Å². The summed E-state index contributed by atoms with van der Waals surface area (Å²) in [6.07, 6.45) is 10.5. The van der Waals surface area contributed by atoms with E-state index in [9.17, 15) is 0 Å². The van der Waals surface area contributed by atoms with Crippen LogP contribution in [0.4, 0.5) is 11.5 Å². The highest BCUT2D eigenvalue weighted by Crippen LogP contribution is 2.16. The number of anilines is 2. The van der Waals surface area contributed by atoms with Crippen LogP contribution in [0.25, 0.3) is 0 Å². The van der Waals surface area contributed by atoms with E-state index in [1.54, 1.807) is 12.4 Å². The minimum atomic E-state index is 0.404. The van der Waals surface area contributed by atoms with Gasteiger partial charge in [0, 0.05) is 43.1 Å². The second-order valence-electron chi connectivity index (χ2n) is 5.98. The van der Waals surface area contributed by atoms with Crippen LogP contribution in [0.15, 0.2) is 55.5 Å². The number of nitrogens with zero attached hydrogens (tertiary/aromatic N) is 4. The van der Waals surface area contributed by atoms with Crippen molar-refractivity contribution in [3.63, 3.8) is 0 Å². The minimum Gasteiger partial charge on any atom is -0.383 e. The van der Waals surface area contributed by atoms with Gasteiger partial charge in [-0.15, -0.1) is 0 Å². The number of nitrogen functional groups attached to an aromatic ring is 1. The molecule has 6 nitrogen and oxygen atoms in total. The molecule has 0 bridgehead atoms. The van der Waals surface area contributed by atoms with Crippen molar-refractivity contribution < 1.29 is 0 Å². The number of aromatic nitrogens is 4. The van der Waals surface area contributed by atoms with E-state index in [0.29, 0.717) is 11.7 Å². The molecule has 3 heterocycles. The third-order valence-electron chi connectivity index (χ3n) is 3.49. The summed E-state index contributed by atoms with van der Waals surface area (Å²) in [5, 5.41) is 3.30. The minimum absolute atomic E-state index is 0.404. The van der Waals surface area contributed by atoms with Gasteiger partial charge in [0.15, 0.2) is 0 Å². The number of nitrogens with one attached hydrogen (secondary N) is 1. The van der Waals surface area contributed by atoms with Gasteiger partial charge in [-0.3, -0.25) is 9.97 Å². The third kappa shape index (κ3) is 8.27. The molecule has 144 valence electrons. The van der Waals surface area contributed by atoms with Crippen LogP contribution < -0.4 is 11.1 Å². The highest BCUT2D eigenvalue weighted by atomic mass is 14.9. The lowest BCUT2D eigenvalue weighted by molar-refractivity contribution is 0.851. The average molecular weight is 367 g/mol. The van der Waals surface area contributed by atoms with Gasteiger partial charge in [0.1, 0.15) is 12.1 Å². The Balaban J connectivity index is 0.000000265. The molecule has 27 heavy (non-hydrogen) atoms. The second-order valence-corrected chi connectivity index (χ2v) is 5.98. The monoisotopic (exact) mass is 366 g/mol. The number of hydrogen-bond acceptors (Lipinski definition) is 6. The van der Waals surface area contributed by atoms with E-state index >= 15 is 0 Å². The van der Waals surface area contributed by atoms with E-state index in [4.69, 9.17) is 5.73 Å². The van der Waals surface area contributed by atoms with E-state index < -0.39 is 0 Å². The molecule has 0 aliphatic rings. The summed E-state index contributed by atoms with van der Waals surface area (Å²) < 4.78 is 0. The van der Waals surface area contributed by atoms with E-state index in [1.165, 1.54) is 11.9 Å². The molecule has 6 heteroatoms. The van der Waals surface area contributed by atoms with Crippen molar-refractivity contribution in [3.8, 4) is 0 Å². The molecule has 0 amide bonds. The maximum absolute atomic E-state index is 5.57. The summed E-state index contributed by atoms with van der Waals surface area (Å²) in [7, 11) is 0. The average Bonchev–Trinajstić information content (AvgIpc) is 2.69. The maximum atomic E-state index is 5.57. The molecule has 0 unspecified atom stereocenters. The predicted octanol–water partition coefficient (Wildman–Crippen LogP) is 4.61. The molecular weight excluding hydrogens is 336 g/mol. The Morgan fingerprint density at radius 2 is 1.81 bits per heavy atom. The predicted molar refractivity (Wildman–Crippen MR) is 112 cm³/mol. The molecule has 0 radical (unpaired) electrons. The first-order valence-corrected chi connectivity index (χ1v) is 9.16. The summed E-state index contributed by atoms with van der Waals surface area (Å²) in [5.41, 5.74) is 9.95. The molecule has 0 saturated heterocycles. The van der Waals surface area contributed by atoms with Gasteiger partial charge < -0.3 is 11.1 Å². The summed E-state index contributed by atoms with van der Waals surface area (Å²) >= 11 is 0. The molecule has 0 atom stereocenters. The first kappa shape index (κ1) is 22.0.